The summed E-state index contributed by atoms with van der Waals surface area (Å²) in [6, 6.07) is 12.1. The SMILES string of the molecule is CCC(C)c1ccc2nc(NC(=O)COc3ccc(C)c(C)c3)sc2c1. The van der Waals surface area contributed by atoms with Gasteiger partial charge in [0, 0.05) is 0 Å². The minimum Gasteiger partial charge on any atom is -0.484 e. The molecule has 1 N–H and O–H groups in total. The average Bonchev–Trinajstić information content (AvgIpc) is 3.03. The van der Waals surface area contributed by atoms with Crippen molar-refractivity contribution >= 4 is 32.6 Å². The van der Waals surface area contributed by atoms with Crippen molar-refractivity contribution in [2.75, 3.05) is 11.9 Å². The van der Waals surface area contributed by atoms with Crippen molar-refractivity contribution in [1.82, 2.24) is 4.98 Å². The lowest BCUT2D eigenvalue weighted by Crippen LogP contribution is -2.20. The summed E-state index contributed by atoms with van der Waals surface area (Å²) in [6.07, 6.45) is 1.10. The molecule has 0 aliphatic rings. The Kier molecular flexibility index (Phi) is 5.57. The Balaban J connectivity index is 1.64. The van der Waals surface area contributed by atoms with E-state index >= 15 is 0 Å². The summed E-state index contributed by atoms with van der Waals surface area (Å²) in [7, 11) is 0. The smallest absolute Gasteiger partial charge is 0.264 e. The van der Waals surface area contributed by atoms with Gasteiger partial charge >= 0.3 is 0 Å². The fraction of sp³-hybridized carbons (Fsp3) is 0.333. The summed E-state index contributed by atoms with van der Waals surface area (Å²) in [6.45, 7) is 8.44. The van der Waals surface area contributed by atoms with Crippen molar-refractivity contribution in [1.29, 1.82) is 0 Å². The number of amides is 1. The van der Waals surface area contributed by atoms with E-state index in [2.05, 4.69) is 36.3 Å². The second kappa shape index (κ2) is 7.87. The van der Waals surface area contributed by atoms with E-state index in [-0.39, 0.29) is 12.5 Å². The lowest BCUT2D eigenvalue weighted by atomic mass is 9.99. The maximum absolute atomic E-state index is 12.2. The molecule has 0 saturated heterocycles. The van der Waals surface area contributed by atoms with Crippen LogP contribution in [-0.4, -0.2) is 17.5 Å². The monoisotopic (exact) mass is 368 g/mol. The molecule has 1 unspecified atom stereocenters. The third-order valence-corrected chi connectivity index (χ3v) is 5.62. The van der Waals surface area contributed by atoms with E-state index in [1.165, 1.54) is 22.5 Å². The van der Waals surface area contributed by atoms with Crippen LogP contribution in [0.2, 0.25) is 0 Å². The van der Waals surface area contributed by atoms with Crippen LogP contribution in [0, 0.1) is 13.8 Å². The Labute approximate surface area is 158 Å². The van der Waals surface area contributed by atoms with Gasteiger partial charge in [0.1, 0.15) is 5.75 Å². The van der Waals surface area contributed by atoms with Gasteiger partial charge in [-0.25, -0.2) is 4.98 Å². The number of fused-ring (bicyclic) bond motifs is 1. The zero-order chi connectivity index (χ0) is 18.7. The van der Waals surface area contributed by atoms with Gasteiger partial charge in [0.2, 0.25) is 0 Å². The van der Waals surface area contributed by atoms with Crippen LogP contribution in [0.5, 0.6) is 5.75 Å². The number of nitrogens with zero attached hydrogens (tertiary/aromatic N) is 1. The Bertz CT molecular complexity index is 933. The van der Waals surface area contributed by atoms with E-state index in [0.29, 0.717) is 16.8 Å². The number of benzene rings is 2. The first-order valence-electron chi connectivity index (χ1n) is 8.86. The zero-order valence-corrected chi connectivity index (χ0v) is 16.4. The molecule has 26 heavy (non-hydrogen) atoms. The van der Waals surface area contributed by atoms with Crippen molar-refractivity contribution in [2.24, 2.45) is 0 Å². The molecule has 136 valence electrons. The first-order chi connectivity index (χ1) is 12.5. The van der Waals surface area contributed by atoms with Gasteiger partial charge in [-0.1, -0.05) is 37.3 Å². The highest BCUT2D eigenvalue weighted by molar-refractivity contribution is 7.22. The number of aromatic nitrogens is 1. The van der Waals surface area contributed by atoms with Gasteiger partial charge < -0.3 is 4.74 Å². The molecular formula is C21H24N2O2S. The normalized spacial score (nSPS) is 12.2. The maximum Gasteiger partial charge on any atom is 0.264 e. The molecule has 0 bridgehead atoms. The molecule has 0 aliphatic heterocycles. The first-order valence-corrected chi connectivity index (χ1v) is 9.68. The summed E-state index contributed by atoms with van der Waals surface area (Å²) in [4.78, 5) is 16.7. The number of anilines is 1. The highest BCUT2D eigenvalue weighted by atomic mass is 32.1. The molecule has 5 heteroatoms. The van der Waals surface area contributed by atoms with Crippen molar-refractivity contribution in [2.45, 2.75) is 40.0 Å². The molecule has 0 aliphatic carbocycles. The minimum atomic E-state index is -0.204. The molecule has 1 aromatic heterocycles. The highest BCUT2D eigenvalue weighted by Crippen LogP contribution is 2.30. The van der Waals surface area contributed by atoms with E-state index in [1.807, 2.05) is 38.1 Å². The van der Waals surface area contributed by atoms with Crippen LogP contribution >= 0.6 is 11.3 Å². The molecule has 1 atom stereocenters. The van der Waals surface area contributed by atoms with Crippen LogP contribution < -0.4 is 10.1 Å². The van der Waals surface area contributed by atoms with Gasteiger partial charge in [-0.15, -0.1) is 0 Å². The van der Waals surface area contributed by atoms with Gasteiger partial charge in [-0.05, 0) is 67.1 Å². The number of carbonyl (C=O) groups excluding carboxylic acids is 1. The van der Waals surface area contributed by atoms with E-state index in [1.54, 1.807) is 0 Å². The lowest BCUT2D eigenvalue weighted by Gasteiger charge is -2.07. The average molecular weight is 369 g/mol. The molecule has 1 amide bonds. The summed E-state index contributed by atoms with van der Waals surface area (Å²) in [5, 5.41) is 3.44. The minimum absolute atomic E-state index is 0.0312. The van der Waals surface area contributed by atoms with Crippen molar-refractivity contribution < 1.29 is 9.53 Å². The number of thiazole rings is 1. The van der Waals surface area contributed by atoms with Gasteiger partial charge in [0.25, 0.3) is 5.91 Å². The van der Waals surface area contributed by atoms with Crippen LogP contribution in [-0.2, 0) is 4.79 Å². The van der Waals surface area contributed by atoms with Crippen LogP contribution in [0.15, 0.2) is 36.4 Å². The number of aryl methyl sites for hydroxylation is 2. The standard InChI is InChI=1S/C21H24N2O2S/c1-5-13(2)16-7-9-18-19(11-16)26-21(22-18)23-20(24)12-25-17-8-6-14(3)15(4)10-17/h6-11,13H,5,12H2,1-4H3,(H,22,23,24). The van der Waals surface area contributed by atoms with Crippen LogP contribution in [0.4, 0.5) is 5.13 Å². The van der Waals surface area contributed by atoms with Crippen LogP contribution in [0.25, 0.3) is 10.2 Å². The van der Waals surface area contributed by atoms with Crippen LogP contribution in [0.1, 0.15) is 42.9 Å². The highest BCUT2D eigenvalue weighted by Gasteiger charge is 2.11. The number of nitrogens with one attached hydrogen (secondary N) is 1. The third-order valence-electron chi connectivity index (χ3n) is 4.69. The van der Waals surface area contributed by atoms with Crippen molar-refractivity contribution in [3.8, 4) is 5.75 Å². The topological polar surface area (TPSA) is 51.2 Å². The molecule has 0 fully saturated rings. The molecule has 0 spiro atoms. The van der Waals surface area contributed by atoms with Gasteiger partial charge in [0.05, 0.1) is 10.2 Å². The predicted octanol–water partition coefficient (Wildman–Crippen LogP) is 5.44. The predicted molar refractivity (Wildman–Crippen MR) is 108 cm³/mol. The van der Waals surface area contributed by atoms with Gasteiger partial charge in [-0.3, -0.25) is 10.1 Å². The molecule has 2 aromatic carbocycles. The molecular weight excluding hydrogens is 344 g/mol. The Morgan fingerprint density at radius 1 is 1.19 bits per heavy atom. The van der Waals surface area contributed by atoms with Crippen LogP contribution in [0.3, 0.4) is 0 Å². The molecule has 0 radical (unpaired) electrons. The Morgan fingerprint density at radius 3 is 2.73 bits per heavy atom. The molecule has 1 heterocycles. The summed E-state index contributed by atoms with van der Waals surface area (Å²) in [5.74, 6) is 1.01. The number of hydrogen-bond donors (Lipinski definition) is 1. The quantitative estimate of drug-likeness (QED) is 0.630. The summed E-state index contributed by atoms with van der Waals surface area (Å²) >= 11 is 1.50. The second-order valence-electron chi connectivity index (χ2n) is 6.64. The Morgan fingerprint density at radius 2 is 2.00 bits per heavy atom. The second-order valence-corrected chi connectivity index (χ2v) is 7.67. The van der Waals surface area contributed by atoms with E-state index < -0.39 is 0 Å². The number of rotatable bonds is 6. The lowest BCUT2D eigenvalue weighted by molar-refractivity contribution is -0.118. The van der Waals surface area contributed by atoms with Gasteiger partial charge in [-0.2, -0.15) is 0 Å². The maximum atomic E-state index is 12.2. The molecule has 3 rings (SSSR count). The van der Waals surface area contributed by atoms with E-state index in [4.69, 9.17) is 4.74 Å². The molecule has 4 nitrogen and oxygen atoms in total. The first kappa shape index (κ1) is 18.4. The summed E-state index contributed by atoms with van der Waals surface area (Å²) < 4.78 is 6.67. The number of hydrogen-bond acceptors (Lipinski definition) is 4. The molecule has 3 aromatic rings. The Hall–Kier alpha value is -2.40. The molecule has 0 saturated carbocycles. The van der Waals surface area contributed by atoms with Crippen molar-refractivity contribution in [3.05, 3.63) is 53.1 Å². The van der Waals surface area contributed by atoms with Gasteiger partial charge in [0.15, 0.2) is 11.7 Å². The fourth-order valence-corrected chi connectivity index (χ4v) is 3.58. The van der Waals surface area contributed by atoms with Crippen molar-refractivity contribution in [3.63, 3.8) is 0 Å². The number of ether oxygens (including phenoxy) is 1. The number of carbonyl (C=O) groups is 1. The van der Waals surface area contributed by atoms with E-state index in [9.17, 15) is 4.79 Å². The van der Waals surface area contributed by atoms with E-state index in [0.717, 1.165) is 22.2 Å². The summed E-state index contributed by atoms with van der Waals surface area (Å²) in [5.41, 5.74) is 4.56. The third kappa shape index (κ3) is 4.22. The largest absolute Gasteiger partial charge is 0.484 e. The fourth-order valence-electron chi connectivity index (χ4n) is 2.64. The zero-order valence-electron chi connectivity index (χ0n) is 15.6.